The molecule has 1 saturated heterocycles. The van der Waals surface area contributed by atoms with Gasteiger partial charge in [-0.05, 0) is 37.2 Å². The van der Waals surface area contributed by atoms with Crippen molar-refractivity contribution in [3.8, 4) is 0 Å². The van der Waals surface area contributed by atoms with Crippen molar-refractivity contribution in [1.29, 1.82) is 0 Å². The van der Waals surface area contributed by atoms with Crippen LogP contribution in [-0.4, -0.2) is 29.0 Å². The summed E-state index contributed by atoms with van der Waals surface area (Å²) in [6, 6.07) is 2.76. The van der Waals surface area contributed by atoms with Crippen LogP contribution < -0.4 is 5.32 Å². The van der Waals surface area contributed by atoms with Gasteiger partial charge in [0.2, 0.25) is 0 Å². The molecule has 1 aromatic heterocycles. The molecule has 4 nitrogen and oxygen atoms in total. The van der Waals surface area contributed by atoms with E-state index in [-0.39, 0.29) is 0 Å². The predicted molar refractivity (Wildman–Crippen MR) is 70.2 cm³/mol. The summed E-state index contributed by atoms with van der Waals surface area (Å²) < 4.78 is 7.49. The summed E-state index contributed by atoms with van der Waals surface area (Å²) in [5.41, 5.74) is 1.78. The monoisotopic (exact) mass is 249 g/mol. The Kier molecular flexibility index (Phi) is 3.39. The van der Waals surface area contributed by atoms with Crippen LogP contribution in [0.3, 0.4) is 0 Å². The van der Waals surface area contributed by atoms with Gasteiger partial charge in [-0.1, -0.05) is 6.42 Å². The molecular weight excluding hydrogens is 226 g/mol. The molecule has 1 N–H and O–H groups in total. The summed E-state index contributed by atoms with van der Waals surface area (Å²) in [6.45, 7) is 2.83. The smallest absolute Gasteiger partial charge is 0.0518 e. The topological polar surface area (TPSA) is 39.1 Å². The van der Waals surface area contributed by atoms with E-state index in [2.05, 4.69) is 16.5 Å². The number of ether oxygens (including phenoxy) is 1. The van der Waals surface area contributed by atoms with Crippen molar-refractivity contribution in [1.82, 2.24) is 15.1 Å². The van der Waals surface area contributed by atoms with Crippen molar-refractivity contribution in [3.63, 3.8) is 0 Å². The number of aromatic nitrogens is 2. The minimum Gasteiger partial charge on any atom is -0.381 e. The first-order valence-electron chi connectivity index (χ1n) is 7.08. The summed E-state index contributed by atoms with van der Waals surface area (Å²) in [4.78, 5) is 0. The second-order valence-corrected chi connectivity index (χ2v) is 5.75. The molecule has 18 heavy (non-hydrogen) atoms. The first-order chi connectivity index (χ1) is 8.80. The second-order valence-electron chi connectivity index (χ2n) is 5.75. The van der Waals surface area contributed by atoms with Crippen molar-refractivity contribution in [2.24, 2.45) is 12.5 Å². The number of hydrogen-bond donors (Lipinski definition) is 1. The zero-order valence-corrected chi connectivity index (χ0v) is 11.2. The van der Waals surface area contributed by atoms with Gasteiger partial charge in [0.1, 0.15) is 0 Å². The quantitative estimate of drug-likeness (QED) is 0.888. The fraction of sp³-hybridized carbons (Fsp3) is 0.786. The van der Waals surface area contributed by atoms with Crippen LogP contribution in [-0.2, 0) is 18.3 Å². The molecule has 0 aromatic carbocycles. The molecule has 4 heteroatoms. The van der Waals surface area contributed by atoms with Crippen LogP contribution >= 0.6 is 0 Å². The van der Waals surface area contributed by atoms with E-state index < -0.39 is 0 Å². The van der Waals surface area contributed by atoms with E-state index in [9.17, 15) is 0 Å². The molecule has 2 fully saturated rings. The molecule has 1 spiro atoms. The highest BCUT2D eigenvalue weighted by atomic mass is 16.5. The fourth-order valence-electron chi connectivity index (χ4n) is 3.64. The maximum Gasteiger partial charge on any atom is 0.0518 e. The van der Waals surface area contributed by atoms with Crippen molar-refractivity contribution in [3.05, 3.63) is 18.0 Å². The Hall–Kier alpha value is -0.870. The van der Waals surface area contributed by atoms with Gasteiger partial charge in [0, 0.05) is 39.0 Å². The van der Waals surface area contributed by atoms with Gasteiger partial charge in [-0.3, -0.25) is 4.68 Å². The zero-order chi connectivity index (χ0) is 12.4. The van der Waals surface area contributed by atoms with Gasteiger partial charge in [0.15, 0.2) is 0 Å². The van der Waals surface area contributed by atoms with Crippen molar-refractivity contribution in [2.75, 3.05) is 13.2 Å². The van der Waals surface area contributed by atoms with E-state index in [0.29, 0.717) is 11.5 Å². The third-order valence-electron chi connectivity index (χ3n) is 4.85. The number of hydrogen-bond acceptors (Lipinski definition) is 3. The largest absolute Gasteiger partial charge is 0.381 e. The van der Waals surface area contributed by atoms with Gasteiger partial charge in [0.25, 0.3) is 0 Å². The fourth-order valence-corrected chi connectivity index (χ4v) is 3.64. The Morgan fingerprint density at radius 3 is 3.00 bits per heavy atom. The van der Waals surface area contributed by atoms with Gasteiger partial charge in [-0.15, -0.1) is 0 Å². The van der Waals surface area contributed by atoms with Crippen LogP contribution in [0.15, 0.2) is 12.3 Å². The number of aryl methyl sites for hydroxylation is 1. The molecule has 3 rings (SSSR count). The van der Waals surface area contributed by atoms with E-state index >= 15 is 0 Å². The molecule has 1 atom stereocenters. The van der Waals surface area contributed by atoms with E-state index in [1.807, 2.05) is 17.9 Å². The third-order valence-corrected chi connectivity index (χ3v) is 4.85. The molecule has 1 unspecified atom stereocenters. The molecule has 1 aromatic rings. The number of rotatable bonds is 3. The maximum atomic E-state index is 5.53. The highest BCUT2D eigenvalue weighted by Gasteiger charge is 2.43. The Labute approximate surface area is 109 Å². The number of nitrogens with zero attached hydrogens (tertiary/aromatic N) is 2. The molecular formula is C14H23N3O. The van der Waals surface area contributed by atoms with E-state index in [1.54, 1.807) is 0 Å². The summed E-state index contributed by atoms with van der Waals surface area (Å²) in [5.74, 6) is 0. The second kappa shape index (κ2) is 5.02. The Balaban J connectivity index is 1.63. The highest BCUT2D eigenvalue weighted by molar-refractivity contribution is 5.03. The van der Waals surface area contributed by atoms with Crippen LogP contribution in [0.1, 0.15) is 37.8 Å². The lowest BCUT2D eigenvalue weighted by Crippen LogP contribution is -2.44. The summed E-state index contributed by atoms with van der Waals surface area (Å²) in [6.07, 6.45) is 8.39. The Morgan fingerprint density at radius 2 is 2.28 bits per heavy atom. The van der Waals surface area contributed by atoms with Crippen LogP contribution in [0.4, 0.5) is 0 Å². The molecule has 1 aliphatic heterocycles. The molecule has 1 aliphatic carbocycles. The SMILES string of the molecule is Cn1nccc1CNC1CCCC12CCOCC2. The Morgan fingerprint density at radius 1 is 1.44 bits per heavy atom. The van der Waals surface area contributed by atoms with Crippen LogP contribution in [0.5, 0.6) is 0 Å². The summed E-state index contributed by atoms with van der Waals surface area (Å²) in [7, 11) is 2.01. The lowest BCUT2D eigenvalue weighted by atomic mass is 9.75. The minimum atomic E-state index is 0.511. The van der Waals surface area contributed by atoms with Crippen LogP contribution in [0.25, 0.3) is 0 Å². The van der Waals surface area contributed by atoms with Crippen molar-refractivity contribution >= 4 is 0 Å². The Bertz CT molecular complexity index is 395. The molecule has 0 radical (unpaired) electrons. The molecule has 2 aliphatic rings. The minimum absolute atomic E-state index is 0.511. The highest BCUT2D eigenvalue weighted by Crippen LogP contribution is 2.45. The summed E-state index contributed by atoms with van der Waals surface area (Å²) in [5, 5.41) is 7.99. The maximum absolute atomic E-state index is 5.53. The van der Waals surface area contributed by atoms with Gasteiger partial charge < -0.3 is 10.1 Å². The standard InChI is InChI=1S/C14H23N3O/c1-17-12(4-8-16-17)11-15-13-3-2-5-14(13)6-9-18-10-7-14/h4,8,13,15H,2-3,5-7,9-11H2,1H3. The lowest BCUT2D eigenvalue weighted by molar-refractivity contribution is 0.00406. The van der Waals surface area contributed by atoms with Crippen molar-refractivity contribution in [2.45, 2.75) is 44.7 Å². The molecule has 100 valence electrons. The first-order valence-corrected chi connectivity index (χ1v) is 7.08. The van der Waals surface area contributed by atoms with Gasteiger partial charge in [-0.2, -0.15) is 5.10 Å². The van der Waals surface area contributed by atoms with Crippen LogP contribution in [0, 0.1) is 5.41 Å². The van der Waals surface area contributed by atoms with Gasteiger partial charge in [0.05, 0.1) is 5.69 Å². The molecule has 2 heterocycles. The van der Waals surface area contributed by atoms with Gasteiger partial charge in [-0.25, -0.2) is 0 Å². The molecule has 0 bridgehead atoms. The van der Waals surface area contributed by atoms with Crippen molar-refractivity contribution < 1.29 is 4.74 Å². The predicted octanol–water partition coefficient (Wildman–Crippen LogP) is 1.86. The molecule has 1 saturated carbocycles. The lowest BCUT2D eigenvalue weighted by Gasteiger charge is -2.39. The van der Waals surface area contributed by atoms with E-state index in [1.165, 1.54) is 37.8 Å². The average molecular weight is 249 g/mol. The summed E-state index contributed by atoms with van der Waals surface area (Å²) >= 11 is 0. The number of nitrogens with one attached hydrogen (secondary N) is 1. The average Bonchev–Trinajstić information content (AvgIpc) is 2.95. The van der Waals surface area contributed by atoms with Gasteiger partial charge >= 0.3 is 0 Å². The third kappa shape index (κ3) is 2.19. The zero-order valence-electron chi connectivity index (χ0n) is 11.2. The molecule has 0 amide bonds. The van der Waals surface area contributed by atoms with Crippen LogP contribution in [0.2, 0.25) is 0 Å². The normalized spacial score (nSPS) is 26.8. The van der Waals surface area contributed by atoms with E-state index in [4.69, 9.17) is 4.74 Å². The first kappa shape index (κ1) is 12.2. The van der Waals surface area contributed by atoms with E-state index in [0.717, 1.165) is 19.8 Å².